The van der Waals surface area contributed by atoms with E-state index < -0.39 is 0 Å². The van der Waals surface area contributed by atoms with Gasteiger partial charge in [0.2, 0.25) is 0 Å². The Bertz CT molecular complexity index is 341. The molecule has 0 bridgehead atoms. The molecule has 0 radical (unpaired) electrons. The fraction of sp³-hybridized carbons (Fsp3) is 0.273. The molecule has 1 nitrogen and oxygen atoms in total. The van der Waals surface area contributed by atoms with Gasteiger partial charge in [-0.25, -0.2) is 0 Å². The fourth-order valence-electron chi connectivity index (χ4n) is 1.13. The monoisotopic (exact) mass is 356 g/mol. The first kappa shape index (κ1) is 13.3. The molecule has 0 aromatic heterocycles. The molecule has 0 amide bonds. The maximum atomic E-state index is 5.94. The predicted octanol–water partition coefficient (Wildman–Crippen LogP) is 4.67. The van der Waals surface area contributed by atoms with Gasteiger partial charge < -0.3 is 4.74 Å². The largest absolute Gasteiger partial charge is 0.369 e. The van der Waals surface area contributed by atoms with Crippen LogP contribution >= 0.6 is 45.8 Å². The second-order valence-corrected chi connectivity index (χ2v) is 4.63. The summed E-state index contributed by atoms with van der Waals surface area (Å²) in [6.45, 7) is 4.15. The van der Waals surface area contributed by atoms with Gasteiger partial charge in [0, 0.05) is 4.43 Å². The molecule has 1 aromatic carbocycles. The Morgan fingerprint density at radius 1 is 1.40 bits per heavy atom. The molecular formula is C11H11Cl2IO. The van der Waals surface area contributed by atoms with Gasteiger partial charge in [0.15, 0.2) is 0 Å². The van der Waals surface area contributed by atoms with Crippen molar-refractivity contribution in [1.29, 1.82) is 0 Å². The Labute approximate surface area is 114 Å². The first-order chi connectivity index (χ1) is 7.19. The molecule has 1 rings (SSSR count). The van der Waals surface area contributed by atoms with Crippen molar-refractivity contribution in [2.45, 2.75) is 6.10 Å². The minimum absolute atomic E-state index is 0.0402. The molecule has 4 heteroatoms. The van der Waals surface area contributed by atoms with Crippen LogP contribution in [0.3, 0.4) is 0 Å². The minimum atomic E-state index is 0.0402. The lowest BCUT2D eigenvalue weighted by Crippen LogP contribution is -2.05. The van der Waals surface area contributed by atoms with Crippen molar-refractivity contribution in [3.8, 4) is 0 Å². The number of benzene rings is 1. The highest BCUT2D eigenvalue weighted by molar-refractivity contribution is 14.1. The Morgan fingerprint density at radius 2 is 2.13 bits per heavy atom. The third-order valence-electron chi connectivity index (χ3n) is 1.87. The normalized spacial score (nSPS) is 12.5. The molecule has 82 valence electrons. The van der Waals surface area contributed by atoms with Crippen LogP contribution in [0.1, 0.15) is 11.7 Å². The van der Waals surface area contributed by atoms with Gasteiger partial charge in [-0.15, -0.1) is 6.58 Å². The SMILES string of the molecule is C=CCOC(CI)c1ccc(Cl)c(Cl)c1. The summed E-state index contributed by atoms with van der Waals surface area (Å²) in [5, 5.41) is 1.13. The molecule has 1 unspecified atom stereocenters. The number of ether oxygens (including phenoxy) is 1. The summed E-state index contributed by atoms with van der Waals surface area (Å²) >= 11 is 14.1. The highest BCUT2D eigenvalue weighted by Gasteiger charge is 2.11. The van der Waals surface area contributed by atoms with E-state index in [9.17, 15) is 0 Å². The highest BCUT2D eigenvalue weighted by Crippen LogP contribution is 2.28. The fourth-order valence-corrected chi connectivity index (χ4v) is 2.20. The third kappa shape index (κ3) is 3.94. The maximum absolute atomic E-state index is 5.94. The molecule has 0 saturated heterocycles. The van der Waals surface area contributed by atoms with Gasteiger partial charge in [-0.3, -0.25) is 0 Å². The summed E-state index contributed by atoms with van der Waals surface area (Å²) in [5.41, 5.74) is 1.04. The number of rotatable bonds is 5. The van der Waals surface area contributed by atoms with Gasteiger partial charge in [0.1, 0.15) is 0 Å². The van der Waals surface area contributed by atoms with E-state index in [2.05, 4.69) is 29.2 Å². The molecule has 1 atom stereocenters. The summed E-state index contributed by atoms with van der Waals surface area (Å²) in [7, 11) is 0. The molecule has 0 N–H and O–H groups in total. The predicted molar refractivity (Wildman–Crippen MR) is 74.2 cm³/mol. The van der Waals surface area contributed by atoms with E-state index in [1.165, 1.54) is 0 Å². The zero-order valence-electron chi connectivity index (χ0n) is 8.05. The lowest BCUT2D eigenvalue weighted by atomic mass is 10.1. The summed E-state index contributed by atoms with van der Waals surface area (Å²) in [5.74, 6) is 0. The molecule has 0 aliphatic carbocycles. The van der Waals surface area contributed by atoms with Crippen molar-refractivity contribution in [1.82, 2.24) is 0 Å². The Hall–Kier alpha value is 0.230. The Balaban J connectivity index is 2.82. The van der Waals surface area contributed by atoms with Crippen LogP contribution in [0.5, 0.6) is 0 Å². The van der Waals surface area contributed by atoms with Gasteiger partial charge in [-0.05, 0) is 17.7 Å². The average molecular weight is 357 g/mol. The van der Waals surface area contributed by atoms with Crippen LogP contribution in [0.2, 0.25) is 10.0 Å². The minimum Gasteiger partial charge on any atom is -0.369 e. The Morgan fingerprint density at radius 3 is 2.67 bits per heavy atom. The number of halogens is 3. The van der Waals surface area contributed by atoms with Crippen LogP contribution in [0.15, 0.2) is 30.9 Å². The summed E-state index contributed by atoms with van der Waals surface area (Å²) < 4.78 is 6.46. The molecule has 0 heterocycles. The number of hydrogen-bond donors (Lipinski definition) is 0. The molecule has 0 saturated carbocycles. The lowest BCUT2D eigenvalue weighted by molar-refractivity contribution is 0.0945. The van der Waals surface area contributed by atoms with Crippen LogP contribution in [-0.4, -0.2) is 11.0 Å². The van der Waals surface area contributed by atoms with E-state index in [4.69, 9.17) is 27.9 Å². The van der Waals surface area contributed by atoms with Crippen molar-refractivity contribution < 1.29 is 4.74 Å². The molecular weight excluding hydrogens is 346 g/mol. The quantitative estimate of drug-likeness (QED) is 0.423. The number of hydrogen-bond acceptors (Lipinski definition) is 1. The summed E-state index contributed by atoms with van der Waals surface area (Å²) in [6, 6.07) is 5.56. The van der Waals surface area contributed by atoms with E-state index in [1.54, 1.807) is 12.1 Å². The average Bonchev–Trinajstić information content (AvgIpc) is 2.24. The van der Waals surface area contributed by atoms with E-state index in [0.29, 0.717) is 16.7 Å². The number of alkyl halides is 1. The van der Waals surface area contributed by atoms with E-state index in [1.807, 2.05) is 12.1 Å². The van der Waals surface area contributed by atoms with E-state index >= 15 is 0 Å². The zero-order valence-corrected chi connectivity index (χ0v) is 11.7. The van der Waals surface area contributed by atoms with E-state index in [0.717, 1.165) is 9.99 Å². The molecule has 15 heavy (non-hydrogen) atoms. The van der Waals surface area contributed by atoms with Crippen molar-refractivity contribution in [2.24, 2.45) is 0 Å². The second-order valence-electron chi connectivity index (χ2n) is 2.94. The van der Waals surface area contributed by atoms with Gasteiger partial charge in [-0.2, -0.15) is 0 Å². The van der Waals surface area contributed by atoms with Crippen LogP contribution in [0.25, 0.3) is 0 Å². The molecule has 0 fully saturated rings. The van der Waals surface area contributed by atoms with Crippen molar-refractivity contribution in [3.05, 3.63) is 46.5 Å². The van der Waals surface area contributed by atoms with Gasteiger partial charge in [0.05, 0.1) is 22.8 Å². The summed E-state index contributed by atoms with van der Waals surface area (Å²) in [6.07, 6.45) is 1.77. The smallest absolute Gasteiger partial charge is 0.0919 e. The van der Waals surface area contributed by atoms with Crippen LogP contribution in [-0.2, 0) is 4.74 Å². The molecule has 0 aliphatic heterocycles. The Kier molecular flexibility index (Phi) is 5.97. The van der Waals surface area contributed by atoms with Crippen molar-refractivity contribution >= 4 is 45.8 Å². The molecule has 0 spiro atoms. The van der Waals surface area contributed by atoms with Gasteiger partial charge in [-0.1, -0.05) is 57.9 Å². The molecule has 0 aliphatic rings. The van der Waals surface area contributed by atoms with E-state index in [-0.39, 0.29) is 6.10 Å². The second kappa shape index (κ2) is 6.74. The van der Waals surface area contributed by atoms with Gasteiger partial charge >= 0.3 is 0 Å². The first-order valence-corrected chi connectivity index (χ1v) is 6.70. The standard InChI is InChI=1S/C11H11Cl2IO/c1-2-5-15-11(7-14)8-3-4-9(12)10(13)6-8/h2-4,6,11H,1,5,7H2. The lowest BCUT2D eigenvalue weighted by Gasteiger charge is -2.15. The van der Waals surface area contributed by atoms with Gasteiger partial charge in [0.25, 0.3) is 0 Å². The van der Waals surface area contributed by atoms with Crippen LogP contribution < -0.4 is 0 Å². The van der Waals surface area contributed by atoms with Crippen LogP contribution in [0.4, 0.5) is 0 Å². The van der Waals surface area contributed by atoms with Crippen molar-refractivity contribution in [3.63, 3.8) is 0 Å². The van der Waals surface area contributed by atoms with Crippen molar-refractivity contribution in [2.75, 3.05) is 11.0 Å². The maximum Gasteiger partial charge on any atom is 0.0919 e. The van der Waals surface area contributed by atoms with Crippen LogP contribution in [0, 0.1) is 0 Å². The molecule has 1 aromatic rings. The summed E-state index contributed by atoms with van der Waals surface area (Å²) in [4.78, 5) is 0. The topological polar surface area (TPSA) is 9.23 Å². The highest BCUT2D eigenvalue weighted by atomic mass is 127. The first-order valence-electron chi connectivity index (χ1n) is 4.42. The zero-order chi connectivity index (χ0) is 11.3. The third-order valence-corrected chi connectivity index (χ3v) is 3.41.